The first-order chi connectivity index (χ1) is 9.15. The van der Waals surface area contributed by atoms with E-state index in [9.17, 15) is 4.39 Å². The molecule has 2 aromatic carbocycles. The van der Waals surface area contributed by atoms with Gasteiger partial charge in [0.2, 0.25) is 0 Å². The summed E-state index contributed by atoms with van der Waals surface area (Å²) in [5, 5.41) is 10.7. The Morgan fingerprint density at radius 1 is 1.11 bits per heavy atom. The molecule has 0 aliphatic heterocycles. The van der Waals surface area contributed by atoms with Crippen LogP contribution in [0.1, 0.15) is 0 Å². The highest BCUT2D eigenvalue weighted by Gasteiger charge is 2.11. The second kappa shape index (κ2) is 4.65. The molecule has 19 heavy (non-hydrogen) atoms. The third-order valence-corrected chi connectivity index (χ3v) is 3.54. The summed E-state index contributed by atoms with van der Waals surface area (Å²) in [5.74, 6) is -0.277. The van der Waals surface area contributed by atoms with Crippen LogP contribution in [0.25, 0.3) is 11.0 Å². The van der Waals surface area contributed by atoms with E-state index in [1.54, 1.807) is 18.2 Å². The second-order valence-electron chi connectivity index (χ2n) is 3.91. The predicted octanol–water partition coefficient (Wildman–Crippen LogP) is 3.29. The molecule has 7 heteroatoms. The van der Waals surface area contributed by atoms with Crippen LogP contribution < -0.4 is 11.1 Å². The molecule has 3 N–H and O–H groups in total. The Bertz CT molecular complexity index is 759. The molecule has 0 aliphatic rings. The molecule has 0 amide bonds. The monoisotopic (exact) mass is 370 g/mol. The fourth-order valence-corrected chi connectivity index (χ4v) is 2.33. The number of rotatable bonds is 2. The molecule has 5 nitrogen and oxygen atoms in total. The van der Waals surface area contributed by atoms with Gasteiger partial charge in [0, 0.05) is 3.57 Å². The van der Waals surface area contributed by atoms with Gasteiger partial charge in [-0.1, -0.05) is 0 Å². The standard InChI is InChI=1S/C12H8FIN4O/c13-6-1-3-9(7(14)5-6)16-10-4-2-8(15)11-12(10)18-19-17-11/h1-5,16H,15H2. The maximum Gasteiger partial charge on any atom is 0.160 e. The van der Waals surface area contributed by atoms with Crippen molar-refractivity contribution in [1.82, 2.24) is 10.3 Å². The number of benzene rings is 2. The Balaban J connectivity index is 2.06. The highest BCUT2D eigenvalue weighted by Crippen LogP contribution is 2.29. The van der Waals surface area contributed by atoms with E-state index in [0.717, 1.165) is 9.26 Å². The molecule has 0 bridgehead atoms. The van der Waals surface area contributed by atoms with Gasteiger partial charge in [-0.25, -0.2) is 9.02 Å². The zero-order chi connectivity index (χ0) is 13.4. The average Bonchev–Trinajstić information content (AvgIpc) is 2.86. The first-order valence-electron chi connectivity index (χ1n) is 5.38. The van der Waals surface area contributed by atoms with E-state index in [1.165, 1.54) is 12.1 Å². The summed E-state index contributed by atoms with van der Waals surface area (Å²) in [7, 11) is 0. The molecule has 1 aromatic heterocycles. The summed E-state index contributed by atoms with van der Waals surface area (Å²) in [5.41, 5.74) is 8.79. The normalized spacial score (nSPS) is 10.8. The number of nitrogen functional groups attached to an aromatic ring is 1. The second-order valence-corrected chi connectivity index (χ2v) is 5.08. The summed E-state index contributed by atoms with van der Waals surface area (Å²) in [6.45, 7) is 0. The Morgan fingerprint density at radius 2 is 1.84 bits per heavy atom. The van der Waals surface area contributed by atoms with Gasteiger partial charge in [0.15, 0.2) is 11.0 Å². The lowest BCUT2D eigenvalue weighted by Gasteiger charge is -2.09. The Kier molecular flexibility index (Phi) is 2.97. The summed E-state index contributed by atoms with van der Waals surface area (Å²) in [6.07, 6.45) is 0. The molecule has 0 saturated heterocycles. The molecule has 0 spiro atoms. The van der Waals surface area contributed by atoms with Crippen molar-refractivity contribution in [2.75, 3.05) is 11.1 Å². The molecule has 3 rings (SSSR count). The van der Waals surface area contributed by atoms with Gasteiger partial charge in [0.05, 0.1) is 17.1 Å². The summed E-state index contributed by atoms with van der Waals surface area (Å²) >= 11 is 2.06. The number of nitrogens with one attached hydrogen (secondary N) is 1. The molecule has 0 fully saturated rings. The first-order valence-corrected chi connectivity index (χ1v) is 6.46. The van der Waals surface area contributed by atoms with Crippen LogP contribution in [0.2, 0.25) is 0 Å². The maximum atomic E-state index is 13.1. The lowest BCUT2D eigenvalue weighted by molar-refractivity contribution is 0.316. The third kappa shape index (κ3) is 2.21. The number of hydrogen-bond donors (Lipinski definition) is 2. The number of nitrogens with two attached hydrogens (primary N) is 1. The van der Waals surface area contributed by atoms with Crippen LogP contribution in [0.5, 0.6) is 0 Å². The molecular formula is C12H8FIN4O. The van der Waals surface area contributed by atoms with Crippen molar-refractivity contribution in [3.63, 3.8) is 0 Å². The Labute approximate surface area is 121 Å². The maximum absolute atomic E-state index is 13.1. The van der Waals surface area contributed by atoms with E-state index in [-0.39, 0.29) is 5.82 Å². The van der Waals surface area contributed by atoms with Crippen LogP contribution in [-0.4, -0.2) is 10.3 Å². The third-order valence-electron chi connectivity index (χ3n) is 2.65. The Hall–Kier alpha value is -1.90. The van der Waals surface area contributed by atoms with Crippen molar-refractivity contribution in [2.45, 2.75) is 0 Å². The van der Waals surface area contributed by atoms with Crippen molar-refractivity contribution < 1.29 is 9.02 Å². The van der Waals surface area contributed by atoms with Crippen molar-refractivity contribution in [1.29, 1.82) is 0 Å². The van der Waals surface area contributed by atoms with Crippen molar-refractivity contribution in [2.24, 2.45) is 0 Å². The fraction of sp³-hybridized carbons (Fsp3) is 0. The van der Waals surface area contributed by atoms with Gasteiger partial charge in [-0.15, -0.1) is 0 Å². The van der Waals surface area contributed by atoms with Crippen molar-refractivity contribution >= 4 is 50.7 Å². The van der Waals surface area contributed by atoms with Crippen LogP contribution in [-0.2, 0) is 0 Å². The molecule has 0 atom stereocenters. The number of fused-ring (bicyclic) bond motifs is 1. The minimum absolute atomic E-state index is 0.277. The molecule has 0 aliphatic carbocycles. The van der Waals surface area contributed by atoms with Crippen LogP contribution in [0.15, 0.2) is 35.0 Å². The molecule has 0 unspecified atom stereocenters. The van der Waals surface area contributed by atoms with Crippen LogP contribution in [0.4, 0.5) is 21.5 Å². The van der Waals surface area contributed by atoms with E-state index < -0.39 is 0 Å². The van der Waals surface area contributed by atoms with Gasteiger partial charge in [0.25, 0.3) is 0 Å². The lowest BCUT2D eigenvalue weighted by Crippen LogP contribution is -1.96. The van der Waals surface area contributed by atoms with E-state index in [4.69, 9.17) is 10.4 Å². The topological polar surface area (TPSA) is 77.0 Å². The zero-order valence-electron chi connectivity index (χ0n) is 9.52. The van der Waals surface area contributed by atoms with Gasteiger partial charge < -0.3 is 11.1 Å². The van der Waals surface area contributed by atoms with E-state index in [1.807, 2.05) is 0 Å². The van der Waals surface area contributed by atoms with Crippen LogP contribution in [0.3, 0.4) is 0 Å². The number of halogens is 2. The van der Waals surface area contributed by atoms with Crippen molar-refractivity contribution in [3.05, 3.63) is 39.7 Å². The fourth-order valence-electron chi connectivity index (χ4n) is 1.72. The predicted molar refractivity (Wildman–Crippen MR) is 78.6 cm³/mol. The van der Waals surface area contributed by atoms with E-state index in [0.29, 0.717) is 22.4 Å². The van der Waals surface area contributed by atoms with Gasteiger partial charge in [0.1, 0.15) is 5.82 Å². The van der Waals surface area contributed by atoms with Crippen LogP contribution >= 0.6 is 22.6 Å². The van der Waals surface area contributed by atoms with E-state index >= 15 is 0 Å². The molecule has 1 heterocycles. The number of aromatic nitrogens is 2. The minimum atomic E-state index is -0.277. The average molecular weight is 370 g/mol. The SMILES string of the molecule is Nc1ccc(Nc2ccc(F)cc2I)c2nonc12. The highest BCUT2D eigenvalue weighted by atomic mass is 127. The Morgan fingerprint density at radius 3 is 2.63 bits per heavy atom. The number of anilines is 3. The summed E-state index contributed by atoms with van der Waals surface area (Å²) < 4.78 is 18.5. The van der Waals surface area contributed by atoms with Gasteiger partial charge in [-0.05, 0) is 63.2 Å². The quantitative estimate of drug-likeness (QED) is 0.535. The van der Waals surface area contributed by atoms with Gasteiger partial charge in [-0.2, -0.15) is 0 Å². The summed E-state index contributed by atoms with van der Waals surface area (Å²) in [4.78, 5) is 0. The van der Waals surface area contributed by atoms with Gasteiger partial charge in [-0.3, -0.25) is 0 Å². The highest BCUT2D eigenvalue weighted by molar-refractivity contribution is 14.1. The van der Waals surface area contributed by atoms with Crippen molar-refractivity contribution in [3.8, 4) is 0 Å². The lowest BCUT2D eigenvalue weighted by atomic mass is 10.2. The number of hydrogen-bond acceptors (Lipinski definition) is 5. The van der Waals surface area contributed by atoms with E-state index in [2.05, 4.69) is 38.2 Å². The molecule has 96 valence electrons. The molecule has 0 radical (unpaired) electrons. The smallest absolute Gasteiger partial charge is 0.160 e. The molecule has 3 aromatic rings. The minimum Gasteiger partial charge on any atom is -0.397 e. The van der Waals surface area contributed by atoms with Gasteiger partial charge >= 0.3 is 0 Å². The first kappa shape index (κ1) is 12.2. The zero-order valence-corrected chi connectivity index (χ0v) is 11.7. The van der Waals surface area contributed by atoms with Crippen LogP contribution in [0, 0.1) is 9.39 Å². The molecular weight excluding hydrogens is 362 g/mol. The number of nitrogens with zero attached hydrogens (tertiary/aromatic N) is 2. The largest absolute Gasteiger partial charge is 0.397 e. The summed E-state index contributed by atoms with van der Waals surface area (Å²) in [6, 6.07) is 7.98. The molecule has 0 saturated carbocycles.